The first kappa shape index (κ1) is 12.9. The van der Waals surface area contributed by atoms with Gasteiger partial charge in [-0.3, -0.25) is 4.79 Å². The summed E-state index contributed by atoms with van der Waals surface area (Å²) in [6, 6.07) is 7.52. The molecule has 0 heterocycles. The second-order valence-electron chi connectivity index (χ2n) is 6.00. The Hall–Kier alpha value is -1.51. The van der Waals surface area contributed by atoms with Crippen LogP contribution in [0, 0.1) is 5.41 Å². The second kappa shape index (κ2) is 5.01. The number of rotatable bonds is 2. The average molecular weight is 246 g/mol. The fourth-order valence-electron chi connectivity index (χ4n) is 2.51. The quantitative estimate of drug-likeness (QED) is 0.788. The molecule has 1 saturated carbocycles. The van der Waals surface area contributed by atoms with Crippen molar-refractivity contribution >= 4 is 11.6 Å². The Morgan fingerprint density at radius 2 is 1.89 bits per heavy atom. The van der Waals surface area contributed by atoms with Crippen molar-refractivity contribution in [1.82, 2.24) is 5.32 Å². The van der Waals surface area contributed by atoms with Crippen LogP contribution in [0.25, 0.3) is 0 Å². The van der Waals surface area contributed by atoms with E-state index in [-0.39, 0.29) is 5.91 Å². The van der Waals surface area contributed by atoms with Gasteiger partial charge in [0.2, 0.25) is 0 Å². The van der Waals surface area contributed by atoms with Crippen LogP contribution < -0.4 is 11.1 Å². The van der Waals surface area contributed by atoms with Gasteiger partial charge < -0.3 is 11.1 Å². The Balaban J connectivity index is 1.95. The minimum Gasteiger partial charge on any atom is -0.398 e. The highest BCUT2D eigenvalue weighted by atomic mass is 16.1. The summed E-state index contributed by atoms with van der Waals surface area (Å²) in [5, 5.41) is 3.09. The lowest BCUT2D eigenvalue weighted by Crippen LogP contribution is -2.39. The van der Waals surface area contributed by atoms with Crippen LogP contribution in [0.5, 0.6) is 0 Å². The molecule has 1 aliphatic carbocycles. The van der Waals surface area contributed by atoms with Crippen molar-refractivity contribution in [3.63, 3.8) is 0 Å². The Morgan fingerprint density at radius 3 is 2.50 bits per heavy atom. The molecular weight excluding hydrogens is 224 g/mol. The highest BCUT2D eigenvalue weighted by Gasteiger charge is 2.27. The maximum absolute atomic E-state index is 12.1. The van der Waals surface area contributed by atoms with E-state index >= 15 is 0 Å². The minimum absolute atomic E-state index is 0.0437. The van der Waals surface area contributed by atoms with Crippen molar-refractivity contribution < 1.29 is 4.79 Å². The number of benzene rings is 1. The number of hydrogen-bond acceptors (Lipinski definition) is 2. The largest absolute Gasteiger partial charge is 0.398 e. The van der Waals surface area contributed by atoms with Crippen LogP contribution in [-0.2, 0) is 0 Å². The van der Waals surface area contributed by atoms with Crippen LogP contribution in [0.2, 0.25) is 0 Å². The zero-order chi connectivity index (χ0) is 13.2. The Labute approximate surface area is 109 Å². The van der Waals surface area contributed by atoms with E-state index < -0.39 is 0 Å². The van der Waals surface area contributed by atoms with Gasteiger partial charge in [-0.05, 0) is 43.2 Å². The third kappa shape index (κ3) is 3.03. The van der Waals surface area contributed by atoms with Gasteiger partial charge in [0.15, 0.2) is 0 Å². The van der Waals surface area contributed by atoms with E-state index in [2.05, 4.69) is 19.2 Å². The number of carbonyl (C=O) groups is 1. The monoisotopic (exact) mass is 246 g/mol. The van der Waals surface area contributed by atoms with E-state index in [1.54, 1.807) is 12.1 Å². The second-order valence-corrected chi connectivity index (χ2v) is 6.00. The number of nitrogen functional groups attached to an aromatic ring is 1. The zero-order valence-electron chi connectivity index (χ0n) is 11.2. The highest BCUT2D eigenvalue weighted by molar-refractivity contribution is 5.99. The van der Waals surface area contributed by atoms with E-state index in [9.17, 15) is 4.79 Å². The number of anilines is 1. The molecule has 18 heavy (non-hydrogen) atoms. The molecule has 1 fully saturated rings. The lowest BCUT2D eigenvalue weighted by atomic mass is 9.75. The summed E-state index contributed by atoms with van der Waals surface area (Å²) < 4.78 is 0. The molecular formula is C15H22N2O. The molecule has 0 aromatic heterocycles. The Bertz CT molecular complexity index is 430. The smallest absolute Gasteiger partial charge is 0.253 e. The molecule has 1 amide bonds. The fourth-order valence-corrected chi connectivity index (χ4v) is 2.51. The average Bonchev–Trinajstić information content (AvgIpc) is 2.32. The van der Waals surface area contributed by atoms with E-state index in [0.29, 0.717) is 22.7 Å². The number of carbonyl (C=O) groups excluding carboxylic acids is 1. The van der Waals surface area contributed by atoms with Crippen molar-refractivity contribution in [2.24, 2.45) is 5.41 Å². The molecule has 98 valence electrons. The molecule has 3 nitrogen and oxygen atoms in total. The van der Waals surface area contributed by atoms with E-state index in [4.69, 9.17) is 5.73 Å². The summed E-state index contributed by atoms with van der Waals surface area (Å²) in [4.78, 5) is 12.1. The minimum atomic E-state index is -0.0437. The molecule has 0 unspecified atom stereocenters. The van der Waals surface area contributed by atoms with Crippen LogP contribution >= 0.6 is 0 Å². The molecule has 0 atom stereocenters. The van der Waals surface area contributed by atoms with E-state index in [1.165, 1.54) is 12.8 Å². The van der Waals surface area contributed by atoms with Crippen molar-refractivity contribution in [2.75, 3.05) is 5.73 Å². The third-order valence-corrected chi connectivity index (χ3v) is 3.88. The van der Waals surface area contributed by atoms with Crippen LogP contribution in [0.4, 0.5) is 5.69 Å². The molecule has 2 rings (SSSR count). The van der Waals surface area contributed by atoms with E-state index in [1.807, 2.05) is 12.1 Å². The summed E-state index contributed by atoms with van der Waals surface area (Å²) in [7, 11) is 0. The topological polar surface area (TPSA) is 55.1 Å². The van der Waals surface area contributed by atoms with Gasteiger partial charge in [0, 0.05) is 11.7 Å². The molecule has 1 aromatic carbocycles. The molecule has 3 heteroatoms. The maximum atomic E-state index is 12.1. The fraction of sp³-hybridized carbons (Fsp3) is 0.533. The van der Waals surface area contributed by atoms with Gasteiger partial charge in [-0.1, -0.05) is 26.0 Å². The number of hydrogen-bond donors (Lipinski definition) is 2. The number of nitrogens with two attached hydrogens (primary N) is 1. The van der Waals surface area contributed by atoms with E-state index in [0.717, 1.165) is 12.8 Å². The SMILES string of the molecule is CC1(C)CCC(NC(=O)c2ccccc2N)CC1. The van der Waals surface area contributed by atoms with Crippen molar-refractivity contribution in [3.8, 4) is 0 Å². The lowest BCUT2D eigenvalue weighted by molar-refractivity contribution is 0.0910. The maximum Gasteiger partial charge on any atom is 0.253 e. The van der Waals surface area contributed by atoms with Gasteiger partial charge >= 0.3 is 0 Å². The first-order valence-corrected chi connectivity index (χ1v) is 6.63. The number of amides is 1. The van der Waals surface area contributed by atoms with Crippen LogP contribution in [0.15, 0.2) is 24.3 Å². The molecule has 1 aromatic rings. The van der Waals surface area contributed by atoms with Crippen molar-refractivity contribution in [3.05, 3.63) is 29.8 Å². The summed E-state index contributed by atoms with van der Waals surface area (Å²) in [5.74, 6) is -0.0437. The summed E-state index contributed by atoms with van der Waals surface area (Å²) >= 11 is 0. The van der Waals surface area contributed by atoms with Gasteiger partial charge in [-0.25, -0.2) is 0 Å². The molecule has 0 radical (unpaired) electrons. The summed E-state index contributed by atoms with van der Waals surface area (Å²) in [6.07, 6.45) is 4.46. The standard InChI is InChI=1S/C15H22N2O/c1-15(2)9-7-11(8-10-15)17-14(18)12-5-3-4-6-13(12)16/h3-6,11H,7-10,16H2,1-2H3,(H,17,18). The van der Waals surface area contributed by atoms with Crippen LogP contribution in [0.1, 0.15) is 49.9 Å². The van der Waals surface area contributed by atoms with Crippen molar-refractivity contribution in [2.45, 2.75) is 45.6 Å². The third-order valence-electron chi connectivity index (χ3n) is 3.88. The zero-order valence-corrected chi connectivity index (χ0v) is 11.2. The highest BCUT2D eigenvalue weighted by Crippen LogP contribution is 2.35. The van der Waals surface area contributed by atoms with Crippen LogP contribution in [-0.4, -0.2) is 11.9 Å². The number of para-hydroxylation sites is 1. The van der Waals surface area contributed by atoms with Crippen LogP contribution in [0.3, 0.4) is 0 Å². The van der Waals surface area contributed by atoms with Crippen molar-refractivity contribution in [1.29, 1.82) is 0 Å². The normalized spacial score (nSPS) is 19.4. The van der Waals surface area contributed by atoms with Gasteiger partial charge in [0.1, 0.15) is 0 Å². The summed E-state index contributed by atoms with van der Waals surface area (Å²) in [5.41, 5.74) is 7.37. The molecule has 0 bridgehead atoms. The molecule has 1 aliphatic rings. The predicted molar refractivity (Wildman–Crippen MR) is 74.4 cm³/mol. The molecule has 0 aliphatic heterocycles. The Kier molecular flexibility index (Phi) is 3.60. The summed E-state index contributed by atoms with van der Waals surface area (Å²) in [6.45, 7) is 4.58. The number of nitrogens with one attached hydrogen (secondary N) is 1. The van der Waals surface area contributed by atoms with Gasteiger partial charge in [0.25, 0.3) is 5.91 Å². The van der Waals surface area contributed by atoms with Gasteiger partial charge in [-0.15, -0.1) is 0 Å². The Morgan fingerprint density at radius 1 is 1.28 bits per heavy atom. The molecule has 3 N–H and O–H groups in total. The van der Waals surface area contributed by atoms with Gasteiger partial charge in [0.05, 0.1) is 5.56 Å². The lowest BCUT2D eigenvalue weighted by Gasteiger charge is -2.34. The molecule has 0 saturated heterocycles. The van der Waals surface area contributed by atoms with Gasteiger partial charge in [-0.2, -0.15) is 0 Å². The predicted octanol–water partition coefficient (Wildman–Crippen LogP) is 2.97. The first-order chi connectivity index (χ1) is 8.48. The molecule has 0 spiro atoms. The first-order valence-electron chi connectivity index (χ1n) is 6.63.